The lowest BCUT2D eigenvalue weighted by Crippen LogP contribution is -2.35. The summed E-state index contributed by atoms with van der Waals surface area (Å²) < 4.78 is 0. The van der Waals surface area contributed by atoms with Crippen LogP contribution in [0.1, 0.15) is 31.9 Å². The number of aromatic nitrogens is 3. The maximum Gasteiger partial charge on any atom is 0.188 e. The van der Waals surface area contributed by atoms with Crippen LogP contribution in [0.4, 0.5) is 0 Å². The highest BCUT2D eigenvalue weighted by Crippen LogP contribution is 2.28. The van der Waals surface area contributed by atoms with E-state index in [2.05, 4.69) is 47.3 Å². The summed E-state index contributed by atoms with van der Waals surface area (Å²) in [5.41, 5.74) is 1.80. The zero-order valence-corrected chi connectivity index (χ0v) is 12.6. The van der Waals surface area contributed by atoms with Gasteiger partial charge in [0.05, 0.1) is 5.56 Å². The summed E-state index contributed by atoms with van der Waals surface area (Å²) in [4.78, 5) is 4.93. The summed E-state index contributed by atoms with van der Waals surface area (Å²) in [6, 6.07) is 8.12. The average molecular weight is 287 g/mol. The molecule has 5 nitrogen and oxygen atoms in total. The number of benzene rings is 1. The summed E-state index contributed by atoms with van der Waals surface area (Å²) in [5.74, 6) is 0. The lowest BCUT2D eigenvalue weighted by Gasteiger charge is -2.20. The van der Waals surface area contributed by atoms with Gasteiger partial charge >= 0.3 is 0 Å². The molecule has 1 heterocycles. The van der Waals surface area contributed by atoms with Crippen molar-refractivity contribution in [3.63, 3.8) is 0 Å². The zero-order chi connectivity index (χ0) is 14.6. The van der Waals surface area contributed by atoms with E-state index >= 15 is 0 Å². The van der Waals surface area contributed by atoms with Crippen LogP contribution in [0.25, 0.3) is 0 Å². The Labute approximate surface area is 122 Å². The fourth-order valence-electron chi connectivity index (χ4n) is 1.58. The molecule has 0 aliphatic rings. The molecule has 0 radical (unpaired) electrons. The smallest absolute Gasteiger partial charge is 0.188 e. The van der Waals surface area contributed by atoms with E-state index in [9.17, 15) is 5.26 Å². The van der Waals surface area contributed by atoms with Crippen LogP contribution in [0.3, 0.4) is 0 Å². The van der Waals surface area contributed by atoms with E-state index in [0.717, 1.165) is 17.0 Å². The molecule has 1 aromatic heterocycles. The number of hydrogen-bond acceptors (Lipinski definition) is 5. The lowest BCUT2D eigenvalue weighted by atomic mass is 10.1. The highest BCUT2D eigenvalue weighted by Gasteiger charge is 2.11. The first kappa shape index (κ1) is 14.6. The monoisotopic (exact) mass is 287 g/mol. The lowest BCUT2D eigenvalue weighted by molar-refractivity contribution is 0.424. The second kappa shape index (κ2) is 6.07. The fourth-order valence-corrected chi connectivity index (χ4v) is 2.34. The Morgan fingerprint density at radius 3 is 2.80 bits per heavy atom. The van der Waals surface area contributed by atoms with Crippen LogP contribution in [-0.2, 0) is 6.54 Å². The highest BCUT2D eigenvalue weighted by molar-refractivity contribution is 7.99. The van der Waals surface area contributed by atoms with Gasteiger partial charge in [-0.05, 0) is 50.2 Å². The Morgan fingerprint density at radius 1 is 1.40 bits per heavy atom. The summed E-state index contributed by atoms with van der Waals surface area (Å²) in [7, 11) is 0. The van der Waals surface area contributed by atoms with Gasteiger partial charge in [-0.15, -0.1) is 0 Å². The molecule has 6 heteroatoms. The predicted molar refractivity (Wildman–Crippen MR) is 78.3 cm³/mol. The Kier molecular flexibility index (Phi) is 4.42. The van der Waals surface area contributed by atoms with Crippen molar-refractivity contribution < 1.29 is 0 Å². The second-order valence-electron chi connectivity index (χ2n) is 5.44. The first-order valence-corrected chi connectivity index (χ1v) is 7.11. The second-order valence-corrected chi connectivity index (χ2v) is 6.47. The van der Waals surface area contributed by atoms with Gasteiger partial charge in [0, 0.05) is 17.0 Å². The third-order valence-electron chi connectivity index (χ3n) is 2.59. The van der Waals surface area contributed by atoms with Gasteiger partial charge in [0.15, 0.2) is 5.16 Å². The third-order valence-corrected chi connectivity index (χ3v) is 3.55. The Balaban J connectivity index is 2.14. The molecular formula is C14H17N5S. The number of hydrogen-bond donors (Lipinski definition) is 2. The van der Waals surface area contributed by atoms with Gasteiger partial charge < -0.3 is 5.32 Å². The largest absolute Gasteiger partial charge is 0.308 e. The number of H-pyrrole nitrogens is 1. The first-order chi connectivity index (χ1) is 9.48. The molecule has 0 atom stereocenters. The summed E-state index contributed by atoms with van der Waals surface area (Å²) >= 11 is 1.41. The number of rotatable bonds is 4. The SMILES string of the molecule is CC(C)(C)NCc1ccc(Sc2ncn[nH]2)c(C#N)c1. The van der Waals surface area contributed by atoms with Crippen LogP contribution in [0.2, 0.25) is 0 Å². The summed E-state index contributed by atoms with van der Waals surface area (Å²) in [6.07, 6.45) is 1.45. The average Bonchev–Trinajstić information content (AvgIpc) is 2.89. The van der Waals surface area contributed by atoms with E-state index in [1.165, 1.54) is 18.1 Å². The van der Waals surface area contributed by atoms with E-state index in [-0.39, 0.29) is 5.54 Å². The molecule has 2 aromatic rings. The van der Waals surface area contributed by atoms with E-state index < -0.39 is 0 Å². The van der Waals surface area contributed by atoms with Crippen molar-refractivity contribution in [2.45, 2.75) is 42.9 Å². The molecule has 2 N–H and O–H groups in total. The molecule has 0 unspecified atom stereocenters. The topological polar surface area (TPSA) is 77.4 Å². The van der Waals surface area contributed by atoms with Gasteiger partial charge in [-0.25, -0.2) is 4.98 Å². The fraction of sp³-hybridized carbons (Fsp3) is 0.357. The van der Waals surface area contributed by atoms with Crippen LogP contribution >= 0.6 is 11.8 Å². The normalized spacial score (nSPS) is 11.3. The van der Waals surface area contributed by atoms with Crippen LogP contribution < -0.4 is 5.32 Å². The highest BCUT2D eigenvalue weighted by atomic mass is 32.2. The van der Waals surface area contributed by atoms with Crippen molar-refractivity contribution in [3.8, 4) is 6.07 Å². The summed E-state index contributed by atoms with van der Waals surface area (Å²) in [5, 5.41) is 19.9. The quantitative estimate of drug-likeness (QED) is 0.904. The van der Waals surface area contributed by atoms with E-state index in [4.69, 9.17) is 0 Å². The zero-order valence-electron chi connectivity index (χ0n) is 11.8. The van der Waals surface area contributed by atoms with Gasteiger partial charge in [0.2, 0.25) is 0 Å². The molecule has 104 valence electrons. The molecule has 1 aromatic carbocycles. The van der Waals surface area contributed by atoms with Crippen LogP contribution in [0.5, 0.6) is 0 Å². The van der Waals surface area contributed by atoms with Crippen molar-refractivity contribution in [2.75, 3.05) is 0 Å². The Morgan fingerprint density at radius 2 is 2.20 bits per heavy atom. The summed E-state index contributed by atoms with van der Waals surface area (Å²) in [6.45, 7) is 7.09. The van der Waals surface area contributed by atoms with Crippen molar-refractivity contribution in [2.24, 2.45) is 0 Å². The maximum atomic E-state index is 9.27. The first-order valence-electron chi connectivity index (χ1n) is 6.29. The molecule has 0 bridgehead atoms. The van der Waals surface area contributed by atoms with Crippen LogP contribution in [0.15, 0.2) is 34.6 Å². The minimum atomic E-state index is 0.0556. The maximum absolute atomic E-state index is 9.27. The van der Waals surface area contributed by atoms with E-state index in [1.54, 1.807) is 0 Å². The molecule has 0 spiro atoms. The van der Waals surface area contributed by atoms with Gasteiger partial charge in [0.25, 0.3) is 0 Å². The number of nitrogens with one attached hydrogen (secondary N) is 2. The molecule has 0 saturated carbocycles. The van der Waals surface area contributed by atoms with E-state index in [0.29, 0.717) is 10.7 Å². The van der Waals surface area contributed by atoms with Gasteiger partial charge in [-0.3, -0.25) is 5.10 Å². The molecule has 0 aliphatic carbocycles. The van der Waals surface area contributed by atoms with Crippen LogP contribution in [-0.4, -0.2) is 20.7 Å². The van der Waals surface area contributed by atoms with Gasteiger partial charge in [0.1, 0.15) is 12.4 Å². The molecular weight excluding hydrogens is 270 g/mol. The van der Waals surface area contributed by atoms with Crippen molar-refractivity contribution in [1.82, 2.24) is 20.5 Å². The third kappa shape index (κ3) is 4.08. The van der Waals surface area contributed by atoms with Crippen molar-refractivity contribution in [3.05, 3.63) is 35.7 Å². The predicted octanol–water partition coefficient (Wildman–Crippen LogP) is 2.72. The van der Waals surface area contributed by atoms with Gasteiger partial charge in [-0.1, -0.05) is 6.07 Å². The van der Waals surface area contributed by atoms with E-state index in [1.807, 2.05) is 18.2 Å². The molecule has 0 saturated heterocycles. The molecule has 2 rings (SSSR count). The van der Waals surface area contributed by atoms with Crippen molar-refractivity contribution >= 4 is 11.8 Å². The van der Waals surface area contributed by atoms with Gasteiger partial charge in [-0.2, -0.15) is 10.4 Å². The Bertz CT molecular complexity index is 607. The molecule has 0 aliphatic heterocycles. The minimum absolute atomic E-state index is 0.0556. The standard InChI is InChI=1S/C14H17N5S/c1-14(2,3)17-8-10-4-5-12(11(6-10)7-15)20-13-16-9-18-19-13/h4-6,9,17H,8H2,1-3H3,(H,16,18,19). The molecule has 0 amide bonds. The molecule has 0 fully saturated rings. The molecule has 20 heavy (non-hydrogen) atoms. The van der Waals surface area contributed by atoms with Crippen LogP contribution in [0, 0.1) is 11.3 Å². The number of aromatic amines is 1. The number of nitrogens with zero attached hydrogens (tertiary/aromatic N) is 3. The minimum Gasteiger partial charge on any atom is -0.308 e. The Hall–Kier alpha value is -1.84. The van der Waals surface area contributed by atoms with Crippen molar-refractivity contribution in [1.29, 1.82) is 5.26 Å². The number of nitriles is 1.